The highest BCUT2D eigenvalue weighted by molar-refractivity contribution is 7.80. The van der Waals surface area contributed by atoms with Gasteiger partial charge in [0.15, 0.2) is 37.7 Å². The average Bonchev–Trinajstić information content (AvgIpc) is 3.89. The fourth-order valence-corrected chi connectivity index (χ4v) is 10.4. The van der Waals surface area contributed by atoms with Gasteiger partial charge in [-0.2, -0.15) is 8.42 Å². The summed E-state index contributed by atoms with van der Waals surface area (Å²) in [4.78, 5) is 0. The van der Waals surface area contributed by atoms with Gasteiger partial charge in [-0.05, 0) is 0 Å². The van der Waals surface area contributed by atoms with Crippen LogP contribution in [0.5, 0.6) is 0 Å². The molecule has 0 aromatic carbocycles. The van der Waals surface area contributed by atoms with Crippen molar-refractivity contribution in [3.8, 4) is 0 Å². The molecule has 0 aromatic rings. The fraction of sp³-hybridized carbons (Fsp3) is 1.00. The third-order valence-corrected chi connectivity index (χ3v) is 13.8. The molecule has 0 aliphatic carbocycles. The molecule has 0 radical (unpaired) electrons. The van der Waals surface area contributed by atoms with Crippen molar-refractivity contribution in [2.45, 2.75) is 184 Å². The van der Waals surface area contributed by atoms with Crippen LogP contribution < -0.4 is 0 Å². The molecule has 9 saturated heterocycles. The van der Waals surface area contributed by atoms with E-state index in [1.165, 1.54) is 0 Å². The highest BCUT2D eigenvalue weighted by atomic mass is 32.3. The van der Waals surface area contributed by atoms with Crippen LogP contribution in [0.4, 0.5) is 0 Å². The number of hydrogen-bond donors (Lipinski definition) is 14. The second-order valence-corrected chi connectivity index (χ2v) is 18.7. The van der Waals surface area contributed by atoms with Crippen LogP contribution in [0.1, 0.15) is 0 Å². The second kappa shape index (κ2) is 20.6. The lowest BCUT2D eigenvalue weighted by Gasteiger charge is -2.48. The fourth-order valence-electron chi connectivity index (χ4n) is 9.85. The van der Waals surface area contributed by atoms with Crippen LogP contribution in [-0.4, -0.2) is 303 Å². The first-order valence-corrected chi connectivity index (χ1v) is 23.0. The van der Waals surface area contributed by atoms with Gasteiger partial charge in [0, 0.05) is 0 Å². The molecule has 9 heterocycles. The Kier molecular flexibility index (Phi) is 15.7. The van der Waals surface area contributed by atoms with E-state index in [9.17, 15) is 79.4 Å². The largest absolute Gasteiger partial charge is 0.397 e. The number of fused-ring (bicyclic) bond motifs is 6. The minimum atomic E-state index is -5.31. The highest BCUT2D eigenvalue weighted by Gasteiger charge is 2.61. The normalized spacial score (nSPS) is 54.9. The molecule has 9 aliphatic heterocycles. The van der Waals surface area contributed by atoms with E-state index in [4.69, 9.17) is 70.5 Å². The van der Waals surface area contributed by atoms with Gasteiger partial charge in [0.1, 0.15) is 146 Å². The molecular weight excluding hydrogens is 960 g/mol. The average molecular weight is 1020 g/mol. The first-order valence-electron chi connectivity index (χ1n) is 21.7. The molecule has 9 aliphatic rings. The summed E-state index contributed by atoms with van der Waals surface area (Å²) < 4.78 is 118. The molecule has 392 valence electrons. The highest BCUT2D eigenvalue weighted by Crippen LogP contribution is 2.41. The van der Waals surface area contributed by atoms with Gasteiger partial charge in [-0.3, -0.25) is 4.55 Å². The molecule has 0 unspecified atom stereocenters. The number of aliphatic hydroxyl groups excluding tert-OH is 13. The molecule has 68 heavy (non-hydrogen) atoms. The van der Waals surface area contributed by atoms with Crippen LogP contribution in [-0.2, 0) is 80.9 Å². The Morgan fingerprint density at radius 1 is 0.382 bits per heavy atom. The minimum Gasteiger partial charge on any atom is -0.394 e. The van der Waals surface area contributed by atoms with Crippen molar-refractivity contribution in [1.29, 1.82) is 0 Å². The maximum absolute atomic E-state index is 11.9. The molecule has 32 heteroatoms. The van der Waals surface area contributed by atoms with Gasteiger partial charge in [-0.25, -0.2) is 4.18 Å². The van der Waals surface area contributed by atoms with Gasteiger partial charge in [-0.15, -0.1) is 0 Å². The topological polar surface area (TPSA) is 456 Å². The van der Waals surface area contributed by atoms with Crippen molar-refractivity contribution in [1.82, 2.24) is 0 Å². The third kappa shape index (κ3) is 9.71. The quantitative estimate of drug-likeness (QED) is 0.0677. The van der Waals surface area contributed by atoms with Crippen LogP contribution in [0.3, 0.4) is 0 Å². The van der Waals surface area contributed by atoms with Gasteiger partial charge in [0.25, 0.3) is 0 Å². The Balaban J connectivity index is 0.850. The van der Waals surface area contributed by atoms with E-state index in [1.54, 1.807) is 0 Å². The summed E-state index contributed by atoms with van der Waals surface area (Å²) in [5, 5.41) is 139. The van der Waals surface area contributed by atoms with E-state index in [1.807, 2.05) is 0 Å². The number of hydrogen-bond acceptors (Lipinski definition) is 30. The molecular formula is C36H56O31S. The van der Waals surface area contributed by atoms with Gasteiger partial charge < -0.3 is 133 Å². The van der Waals surface area contributed by atoms with Crippen molar-refractivity contribution < 1.29 is 150 Å². The molecule has 6 bridgehead atoms. The lowest BCUT2D eigenvalue weighted by atomic mass is 9.96. The summed E-state index contributed by atoms with van der Waals surface area (Å²) in [5.74, 6) is 0. The molecule has 0 saturated carbocycles. The first-order chi connectivity index (χ1) is 32.3. The molecule has 9 rings (SSSR count). The zero-order valence-corrected chi connectivity index (χ0v) is 36.0. The van der Waals surface area contributed by atoms with Gasteiger partial charge >= 0.3 is 10.4 Å². The molecule has 9 fully saturated rings. The lowest BCUT2D eigenvalue weighted by molar-refractivity contribution is -0.380. The predicted molar refractivity (Wildman–Crippen MR) is 200 cm³/mol. The summed E-state index contributed by atoms with van der Waals surface area (Å²) in [6.07, 6.45) is -47.8. The summed E-state index contributed by atoms with van der Waals surface area (Å²) in [6.45, 7) is -3.28. The predicted octanol–water partition coefficient (Wildman–Crippen LogP) is -11.1. The van der Waals surface area contributed by atoms with Crippen LogP contribution >= 0.6 is 0 Å². The van der Waals surface area contributed by atoms with Gasteiger partial charge in [0.05, 0.1) is 39.6 Å². The Bertz CT molecular complexity index is 1810. The Hall–Kier alpha value is -1.21. The smallest absolute Gasteiger partial charge is 0.394 e. The molecule has 0 spiro atoms. The van der Waals surface area contributed by atoms with E-state index in [0.29, 0.717) is 0 Å². The second-order valence-electron chi connectivity index (χ2n) is 17.6. The summed E-state index contributed by atoms with van der Waals surface area (Å²) in [6, 6.07) is 0. The van der Waals surface area contributed by atoms with E-state index < -0.39 is 214 Å². The van der Waals surface area contributed by atoms with Gasteiger partial charge in [-0.1, -0.05) is 0 Å². The SMILES string of the molecule is O=S(=O)(O)O[C@@H]1[C@H](O[C@@H]2O[C@H]3CO[C@@H]([C@@H]2O)[C@@H]3O)[C@@H](O)[C@H](O[C@H]2[C@H]3OC[C@@H]2O[C@@H](O[C@H]2[C@@H](O)[C@@H](CO)O[C@@H](O[C@H]4[C@H]5OC[C@@H]4O[C@@H](O[C@@H]4[C@@H](O)[C@@H](O)O[C@H](CO)[C@@H]4O)[C@H]5O)[C@@H]2O)[C@H]3O)O[C@@H]1CO. The van der Waals surface area contributed by atoms with E-state index in [-0.39, 0.29) is 19.8 Å². The molecule has 0 amide bonds. The van der Waals surface area contributed by atoms with E-state index in [2.05, 4.69) is 0 Å². The Labute approximate surface area is 383 Å². The van der Waals surface area contributed by atoms with Gasteiger partial charge in [0.2, 0.25) is 0 Å². The van der Waals surface area contributed by atoms with Crippen LogP contribution in [0.15, 0.2) is 0 Å². The maximum Gasteiger partial charge on any atom is 0.397 e. The molecule has 14 N–H and O–H groups in total. The van der Waals surface area contributed by atoms with Crippen molar-refractivity contribution >= 4 is 10.4 Å². The minimum absolute atomic E-state index is 0.149. The standard InChI is InChI=1S/C36H56O31S/c37-1-7-13(40)26(16(43)31(49)56-7)64-34-19(46)28-22(11(60-34)5-54-28)62-33-18(45)27(14(41)8(2-38)57-33)65-35-20(47)29-23(12(61-35)6-55-29)63-36-21(48)30(24(9(3-39)58-36)67-68(50,51)52)66-32-17(44)25-15(42)10(59-32)4-53-25/h7-49H,1-6H2,(H,50,51,52)/t7-,8-,9-,10+,11+,12+,13+,14+,15-,16-,17+,18-,19+,20+,21-,22-,23-,24+,25-,26+,27+,28+,29+,30-,31+,32+,33+,34+,35+,36+/m1/s1. The van der Waals surface area contributed by atoms with Crippen molar-refractivity contribution in [3.63, 3.8) is 0 Å². The third-order valence-electron chi connectivity index (χ3n) is 13.4. The lowest BCUT2D eigenvalue weighted by Crippen LogP contribution is -2.66. The zero-order valence-electron chi connectivity index (χ0n) is 35.2. The summed E-state index contributed by atoms with van der Waals surface area (Å²) >= 11 is 0. The molecule has 0 aromatic heterocycles. The van der Waals surface area contributed by atoms with Crippen molar-refractivity contribution in [3.05, 3.63) is 0 Å². The van der Waals surface area contributed by atoms with Crippen LogP contribution in [0.25, 0.3) is 0 Å². The maximum atomic E-state index is 11.9. The monoisotopic (exact) mass is 1020 g/mol. The number of rotatable bonds is 15. The first kappa shape index (κ1) is 51.7. The Morgan fingerprint density at radius 3 is 1.28 bits per heavy atom. The number of aliphatic hydroxyl groups is 13. The summed E-state index contributed by atoms with van der Waals surface area (Å²) in [7, 11) is -5.31. The zero-order chi connectivity index (χ0) is 48.7. The van der Waals surface area contributed by atoms with Crippen LogP contribution in [0, 0.1) is 0 Å². The van der Waals surface area contributed by atoms with E-state index >= 15 is 0 Å². The van der Waals surface area contributed by atoms with Crippen molar-refractivity contribution in [2.75, 3.05) is 39.6 Å². The van der Waals surface area contributed by atoms with Crippen molar-refractivity contribution in [2.24, 2.45) is 0 Å². The van der Waals surface area contributed by atoms with E-state index in [0.717, 1.165) is 0 Å². The summed E-state index contributed by atoms with van der Waals surface area (Å²) in [5.41, 5.74) is 0. The van der Waals surface area contributed by atoms with Crippen LogP contribution in [0.2, 0.25) is 0 Å². The molecule has 30 atom stereocenters. The number of ether oxygens (including phenoxy) is 14. The Morgan fingerprint density at radius 2 is 0.765 bits per heavy atom. The molecule has 31 nitrogen and oxygen atoms in total.